The lowest BCUT2D eigenvalue weighted by molar-refractivity contribution is 0.0627. The fourth-order valence-corrected chi connectivity index (χ4v) is 5.58. The van der Waals surface area contributed by atoms with E-state index in [1.165, 1.54) is 94.6 Å². The highest BCUT2D eigenvalue weighted by molar-refractivity contribution is 5.91. The van der Waals surface area contributed by atoms with Crippen molar-refractivity contribution >= 4 is 5.97 Å². The van der Waals surface area contributed by atoms with E-state index in [9.17, 15) is 4.79 Å². The second-order valence-electron chi connectivity index (χ2n) is 12.1. The first-order valence-corrected chi connectivity index (χ1v) is 17.2. The van der Waals surface area contributed by atoms with Gasteiger partial charge in [-0.15, -0.1) is 0 Å². The lowest BCUT2D eigenvalue weighted by Crippen LogP contribution is -2.08. The summed E-state index contributed by atoms with van der Waals surface area (Å²) in [7, 11) is 0. The average molecular weight is 585 g/mol. The van der Waals surface area contributed by atoms with Crippen molar-refractivity contribution in [3.8, 4) is 16.9 Å². The van der Waals surface area contributed by atoms with E-state index in [1.54, 1.807) is 0 Å². The summed E-state index contributed by atoms with van der Waals surface area (Å²) in [4.78, 5) is 12.5. The molecule has 1 unspecified atom stereocenters. The molecule has 3 nitrogen and oxygen atoms in total. The highest BCUT2D eigenvalue weighted by Crippen LogP contribution is 2.26. The van der Waals surface area contributed by atoms with Crippen LogP contribution in [0, 0.1) is 0 Å². The van der Waals surface area contributed by atoms with Crippen molar-refractivity contribution in [1.29, 1.82) is 0 Å². The summed E-state index contributed by atoms with van der Waals surface area (Å²) in [5.41, 5.74) is 5.23. The Morgan fingerprint density at radius 3 is 1.58 bits per heavy atom. The number of rotatable bonds is 22. The van der Waals surface area contributed by atoms with Crippen LogP contribution in [0.3, 0.4) is 0 Å². The normalized spacial score (nSPS) is 11.9. The minimum atomic E-state index is -0.330. The Morgan fingerprint density at radius 2 is 1.07 bits per heavy atom. The van der Waals surface area contributed by atoms with E-state index in [0.717, 1.165) is 37.0 Å². The molecule has 0 saturated carbocycles. The molecular weight excluding hydrogens is 528 g/mol. The highest BCUT2D eigenvalue weighted by atomic mass is 16.5. The number of benzene rings is 3. The first kappa shape index (κ1) is 34.6. The van der Waals surface area contributed by atoms with E-state index in [4.69, 9.17) is 9.47 Å². The van der Waals surface area contributed by atoms with Crippen LogP contribution < -0.4 is 4.74 Å². The van der Waals surface area contributed by atoms with Gasteiger partial charge in [-0.3, -0.25) is 0 Å². The van der Waals surface area contributed by atoms with E-state index < -0.39 is 0 Å². The van der Waals surface area contributed by atoms with Gasteiger partial charge in [-0.05, 0) is 66.3 Å². The number of carbonyl (C=O) groups is 1. The molecule has 0 aromatic heterocycles. The molecule has 234 valence electrons. The fourth-order valence-electron chi connectivity index (χ4n) is 5.58. The second kappa shape index (κ2) is 20.9. The summed E-state index contributed by atoms with van der Waals surface area (Å²) >= 11 is 0. The van der Waals surface area contributed by atoms with Crippen molar-refractivity contribution in [3.05, 3.63) is 89.5 Å². The lowest BCUT2D eigenvalue weighted by Gasteiger charge is -2.14. The van der Waals surface area contributed by atoms with Gasteiger partial charge in [0.2, 0.25) is 0 Å². The van der Waals surface area contributed by atoms with Crippen LogP contribution in [0.2, 0.25) is 0 Å². The van der Waals surface area contributed by atoms with Gasteiger partial charge in [-0.1, -0.05) is 152 Å². The number of ether oxygens (including phenoxy) is 2. The molecule has 0 aliphatic rings. The summed E-state index contributed by atoms with van der Waals surface area (Å²) in [5, 5.41) is 0. The van der Waals surface area contributed by atoms with Crippen LogP contribution in [0.1, 0.15) is 145 Å². The molecular formula is C40H56O3. The third kappa shape index (κ3) is 13.5. The van der Waals surface area contributed by atoms with Crippen LogP contribution in [0.5, 0.6) is 5.75 Å². The standard InChI is InChI=1S/C40H56O3/c1-4-6-7-8-9-10-11-12-13-14-15-16-17-18-32-42-33(3)35-24-26-36(27-25-35)37-28-30-39(31-29-37)43-40(41)38-22-20-34(19-5-2)21-23-38/h20-31,33H,4-19,32H2,1-3H3. The molecule has 3 aromatic rings. The third-order valence-electron chi connectivity index (χ3n) is 8.37. The fraction of sp³-hybridized carbons (Fsp3) is 0.525. The zero-order chi connectivity index (χ0) is 30.5. The summed E-state index contributed by atoms with van der Waals surface area (Å²) in [6, 6.07) is 24.0. The number of hydrogen-bond donors (Lipinski definition) is 0. The Balaban J connectivity index is 1.28. The van der Waals surface area contributed by atoms with Crippen LogP contribution in [0.4, 0.5) is 0 Å². The van der Waals surface area contributed by atoms with Gasteiger partial charge in [-0.2, -0.15) is 0 Å². The Bertz CT molecular complexity index is 1130. The van der Waals surface area contributed by atoms with Gasteiger partial charge in [0.15, 0.2) is 0 Å². The van der Waals surface area contributed by atoms with Gasteiger partial charge < -0.3 is 9.47 Å². The summed E-state index contributed by atoms with van der Waals surface area (Å²) in [6.07, 6.45) is 21.4. The maximum Gasteiger partial charge on any atom is 0.343 e. The van der Waals surface area contributed by atoms with Crippen LogP contribution in [0.15, 0.2) is 72.8 Å². The Labute approximate surface area is 262 Å². The quantitative estimate of drug-likeness (QED) is 0.0669. The second-order valence-corrected chi connectivity index (χ2v) is 12.1. The summed E-state index contributed by atoms with van der Waals surface area (Å²) in [5.74, 6) is 0.219. The molecule has 0 amide bonds. The van der Waals surface area contributed by atoms with Crippen LogP contribution >= 0.6 is 0 Å². The van der Waals surface area contributed by atoms with Crippen LogP contribution in [0.25, 0.3) is 11.1 Å². The van der Waals surface area contributed by atoms with Crippen LogP contribution in [-0.4, -0.2) is 12.6 Å². The molecule has 0 bridgehead atoms. The molecule has 3 aromatic carbocycles. The number of hydrogen-bond acceptors (Lipinski definition) is 3. The minimum absolute atomic E-state index is 0.0915. The highest BCUT2D eigenvalue weighted by Gasteiger charge is 2.10. The number of aryl methyl sites for hydroxylation is 1. The molecule has 0 heterocycles. The zero-order valence-corrected chi connectivity index (χ0v) is 27.3. The monoisotopic (exact) mass is 584 g/mol. The van der Waals surface area contributed by atoms with Gasteiger partial charge in [0.1, 0.15) is 5.75 Å². The molecule has 43 heavy (non-hydrogen) atoms. The van der Waals surface area contributed by atoms with Crippen molar-refractivity contribution in [2.24, 2.45) is 0 Å². The molecule has 1 atom stereocenters. The summed E-state index contributed by atoms with van der Waals surface area (Å²) in [6.45, 7) is 7.40. The maximum atomic E-state index is 12.5. The number of unbranched alkanes of at least 4 members (excludes halogenated alkanes) is 13. The Morgan fingerprint density at radius 1 is 0.581 bits per heavy atom. The van der Waals surface area contributed by atoms with E-state index >= 15 is 0 Å². The van der Waals surface area contributed by atoms with E-state index in [2.05, 4.69) is 45.0 Å². The topological polar surface area (TPSA) is 35.5 Å². The molecule has 3 heteroatoms. The first-order valence-electron chi connectivity index (χ1n) is 17.2. The molecule has 0 fully saturated rings. The van der Waals surface area contributed by atoms with Crippen molar-refractivity contribution in [1.82, 2.24) is 0 Å². The van der Waals surface area contributed by atoms with Crippen LogP contribution in [-0.2, 0) is 11.2 Å². The van der Waals surface area contributed by atoms with Gasteiger partial charge in [-0.25, -0.2) is 4.79 Å². The summed E-state index contributed by atoms with van der Waals surface area (Å²) < 4.78 is 11.7. The molecule has 3 rings (SSSR count). The SMILES string of the molecule is CCCCCCCCCCCCCCCCOC(C)c1ccc(-c2ccc(OC(=O)c3ccc(CCC)cc3)cc2)cc1. The number of carbonyl (C=O) groups excluding carboxylic acids is 1. The van der Waals surface area contributed by atoms with Gasteiger partial charge in [0, 0.05) is 6.61 Å². The molecule has 0 saturated heterocycles. The largest absolute Gasteiger partial charge is 0.423 e. The average Bonchev–Trinajstić information content (AvgIpc) is 3.04. The number of esters is 1. The van der Waals surface area contributed by atoms with E-state index in [-0.39, 0.29) is 12.1 Å². The van der Waals surface area contributed by atoms with Gasteiger partial charge in [0.05, 0.1) is 11.7 Å². The van der Waals surface area contributed by atoms with Crippen molar-refractivity contribution < 1.29 is 14.3 Å². The predicted octanol–water partition coefficient (Wildman–Crippen LogP) is 12.1. The predicted molar refractivity (Wildman–Crippen MR) is 182 cm³/mol. The zero-order valence-electron chi connectivity index (χ0n) is 27.3. The van der Waals surface area contributed by atoms with Crippen molar-refractivity contribution in [2.75, 3.05) is 6.61 Å². The van der Waals surface area contributed by atoms with Gasteiger partial charge >= 0.3 is 5.97 Å². The molecule has 0 aliphatic heterocycles. The Kier molecular flexibility index (Phi) is 16.8. The molecule has 0 spiro atoms. The molecule has 0 N–H and O–H groups in total. The smallest absolute Gasteiger partial charge is 0.343 e. The Hall–Kier alpha value is -2.91. The molecule has 0 radical (unpaired) electrons. The first-order chi connectivity index (χ1) is 21.1. The van der Waals surface area contributed by atoms with Crippen molar-refractivity contribution in [2.45, 2.75) is 130 Å². The van der Waals surface area contributed by atoms with Crippen molar-refractivity contribution in [3.63, 3.8) is 0 Å². The maximum absolute atomic E-state index is 12.5. The van der Waals surface area contributed by atoms with E-state index in [1.807, 2.05) is 48.5 Å². The third-order valence-corrected chi connectivity index (χ3v) is 8.37. The van der Waals surface area contributed by atoms with E-state index in [0.29, 0.717) is 11.3 Å². The lowest BCUT2D eigenvalue weighted by atomic mass is 10.0. The van der Waals surface area contributed by atoms with Gasteiger partial charge in [0.25, 0.3) is 0 Å². The minimum Gasteiger partial charge on any atom is -0.423 e. The molecule has 0 aliphatic carbocycles.